The zero-order chi connectivity index (χ0) is 13.7. The van der Waals surface area contributed by atoms with E-state index in [1.807, 2.05) is 0 Å². The smallest absolute Gasteiger partial charge is 0.0466 e. The third-order valence-electron chi connectivity index (χ3n) is 3.01. The third kappa shape index (κ3) is 15.9. The van der Waals surface area contributed by atoms with Gasteiger partial charge in [0.2, 0.25) is 0 Å². The molecular formula is C16H35NO. The SMILES string of the molecule is CCCCCCCCOCCCCNC(C)(C)C. The maximum absolute atomic E-state index is 5.64. The predicted octanol–water partition coefficient (Wildman–Crippen LogP) is 4.53. The Bertz CT molecular complexity index is 163. The average molecular weight is 257 g/mol. The fourth-order valence-corrected chi connectivity index (χ4v) is 1.88. The van der Waals surface area contributed by atoms with E-state index in [0.717, 1.165) is 19.8 Å². The molecule has 18 heavy (non-hydrogen) atoms. The van der Waals surface area contributed by atoms with Gasteiger partial charge in [0.1, 0.15) is 0 Å². The lowest BCUT2D eigenvalue weighted by Gasteiger charge is -2.20. The van der Waals surface area contributed by atoms with Crippen LogP contribution in [0.5, 0.6) is 0 Å². The molecule has 0 amide bonds. The monoisotopic (exact) mass is 257 g/mol. The van der Waals surface area contributed by atoms with Gasteiger partial charge in [-0.1, -0.05) is 39.0 Å². The topological polar surface area (TPSA) is 21.3 Å². The summed E-state index contributed by atoms with van der Waals surface area (Å²) in [5.41, 5.74) is 0.249. The molecule has 0 bridgehead atoms. The van der Waals surface area contributed by atoms with Gasteiger partial charge in [-0.05, 0) is 46.6 Å². The van der Waals surface area contributed by atoms with Crippen molar-refractivity contribution in [1.82, 2.24) is 5.32 Å². The van der Waals surface area contributed by atoms with Crippen LogP contribution in [-0.4, -0.2) is 25.3 Å². The van der Waals surface area contributed by atoms with Gasteiger partial charge in [0.15, 0.2) is 0 Å². The van der Waals surface area contributed by atoms with Crippen LogP contribution in [0, 0.1) is 0 Å². The molecule has 0 spiro atoms. The van der Waals surface area contributed by atoms with Crippen LogP contribution >= 0.6 is 0 Å². The van der Waals surface area contributed by atoms with E-state index < -0.39 is 0 Å². The van der Waals surface area contributed by atoms with Crippen LogP contribution in [0.25, 0.3) is 0 Å². The maximum Gasteiger partial charge on any atom is 0.0466 e. The minimum atomic E-state index is 0.249. The molecule has 0 rings (SSSR count). The summed E-state index contributed by atoms with van der Waals surface area (Å²) >= 11 is 0. The van der Waals surface area contributed by atoms with Crippen LogP contribution in [0.4, 0.5) is 0 Å². The van der Waals surface area contributed by atoms with E-state index in [-0.39, 0.29) is 5.54 Å². The summed E-state index contributed by atoms with van der Waals surface area (Å²) in [6, 6.07) is 0. The second kappa shape index (κ2) is 12.0. The van der Waals surface area contributed by atoms with E-state index in [9.17, 15) is 0 Å². The lowest BCUT2D eigenvalue weighted by Crippen LogP contribution is -2.36. The molecule has 1 N–H and O–H groups in total. The summed E-state index contributed by atoms with van der Waals surface area (Å²) in [5.74, 6) is 0. The molecule has 0 saturated heterocycles. The Hall–Kier alpha value is -0.0800. The number of hydrogen-bond acceptors (Lipinski definition) is 2. The molecule has 0 atom stereocenters. The van der Waals surface area contributed by atoms with Gasteiger partial charge in [0.05, 0.1) is 0 Å². The van der Waals surface area contributed by atoms with Gasteiger partial charge in [-0.2, -0.15) is 0 Å². The number of unbranched alkanes of at least 4 members (excludes halogenated alkanes) is 6. The quantitative estimate of drug-likeness (QED) is 0.519. The third-order valence-corrected chi connectivity index (χ3v) is 3.01. The first-order chi connectivity index (χ1) is 8.56. The van der Waals surface area contributed by atoms with Crippen molar-refractivity contribution in [3.05, 3.63) is 0 Å². The van der Waals surface area contributed by atoms with Gasteiger partial charge >= 0.3 is 0 Å². The molecule has 0 aliphatic heterocycles. The Morgan fingerprint density at radius 2 is 1.33 bits per heavy atom. The Balaban J connectivity index is 2.99. The minimum Gasteiger partial charge on any atom is -0.381 e. The molecule has 0 aromatic rings. The molecule has 0 radical (unpaired) electrons. The summed E-state index contributed by atoms with van der Waals surface area (Å²) in [6.07, 6.45) is 10.5. The lowest BCUT2D eigenvalue weighted by molar-refractivity contribution is 0.125. The van der Waals surface area contributed by atoms with Gasteiger partial charge in [-0.25, -0.2) is 0 Å². The van der Waals surface area contributed by atoms with E-state index in [2.05, 4.69) is 33.0 Å². The van der Waals surface area contributed by atoms with Crippen molar-refractivity contribution in [2.24, 2.45) is 0 Å². The molecule has 0 aliphatic rings. The second-order valence-corrected chi connectivity index (χ2v) is 6.26. The normalized spacial score (nSPS) is 12.0. The molecule has 2 nitrogen and oxygen atoms in total. The molecular weight excluding hydrogens is 222 g/mol. The highest BCUT2D eigenvalue weighted by molar-refractivity contribution is 4.69. The van der Waals surface area contributed by atoms with Gasteiger partial charge in [0, 0.05) is 18.8 Å². The molecule has 110 valence electrons. The summed E-state index contributed by atoms with van der Waals surface area (Å²) < 4.78 is 5.64. The van der Waals surface area contributed by atoms with Crippen LogP contribution in [0.1, 0.15) is 79.1 Å². The van der Waals surface area contributed by atoms with Gasteiger partial charge in [0.25, 0.3) is 0 Å². The first-order valence-electron chi connectivity index (χ1n) is 7.89. The van der Waals surface area contributed by atoms with Crippen LogP contribution in [0.15, 0.2) is 0 Å². The summed E-state index contributed by atoms with van der Waals surface area (Å²) in [6.45, 7) is 11.9. The van der Waals surface area contributed by atoms with Gasteiger partial charge < -0.3 is 10.1 Å². The molecule has 0 heterocycles. The first kappa shape index (κ1) is 17.9. The number of nitrogens with one attached hydrogen (secondary N) is 1. The fraction of sp³-hybridized carbons (Fsp3) is 1.00. The Morgan fingerprint density at radius 3 is 1.94 bits per heavy atom. The summed E-state index contributed by atoms with van der Waals surface area (Å²) in [4.78, 5) is 0. The zero-order valence-corrected chi connectivity index (χ0v) is 13.2. The van der Waals surface area contributed by atoms with Crippen molar-refractivity contribution in [2.45, 2.75) is 84.6 Å². The zero-order valence-electron chi connectivity index (χ0n) is 13.2. The summed E-state index contributed by atoms with van der Waals surface area (Å²) in [5, 5.41) is 3.50. The van der Waals surface area contributed by atoms with Crippen molar-refractivity contribution in [3.63, 3.8) is 0 Å². The standard InChI is InChI=1S/C16H35NO/c1-5-6-7-8-9-11-14-18-15-12-10-13-17-16(2,3)4/h17H,5-15H2,1-4H3. The predicted molar refractivity (Wildman–Crippen MR) is 81.2 cm³/mol. The van der Waals surface area contributed by atoms with Crippen molar-refractivity contribution in [2.75, 3.05) is 19.8 Å². The largest absolute Gasteiger partial charge is 0.381 e. The molecule has 0 unspecified atom stereocenters. The van der Waals surface area contributed by atoms with Crippen LogP contribution in [-0.2, 0) is 4.74 Å². The Kier molecular flexibility index (Phi) is 11.9. The number of hydrogen-bond donors (Lipinski definition) is 1. The van der Waals surface area contributed by atoms with Gasteiger partial charge in [-0.3, -0.25) is 0 Å². The van der Waals surface area contributed by atoms with Crippen LogP contribution < -0.4 is 5.32 Å². The van der Waals surface area contributed by atoms with Crippen LogP contribution in [0.3, 0.4) is 0 Å². The maximum atomic E-state index is 5.64. The molecule has 0 aromatic heterocycles. The highest BCUT2D eigenvalue weighted by Crippen LogP contribution is 2.05. The molecule has 0 saturated carbocycles. The molecule has 0 aromatic carbocycles. The molecule has 0 aliphatic carbocycles. The van der Waals surface area contributed by atoms with Crippen molar-refractivity contribution < 1.29 is 4.74 Å². The lowest BCUT2D eigenvalue weighted by atomic mass is 10.1. The number of rotatable bonds is 12. The molecule has 2 heteroatoms. The van der Waals surface area contributed by atoms with Crippen molar-refractivity contribution in [3.8, 4) is 0 Å². The first-order valence-corrected chi connectivity index (χ1v) is 7.89. The number of ether oxygens (including phenoxy) is 1. The Morgan fingerprint density at radius 1 is 0.778 bits per heavy atom. The highest BCUT2D eigenvalue weighted by Gasteiger charge is 2.06. The Labute approximate surface area is 115 Å². The van der Waals surface area contributed by atoms with E-state index >= 15 is 0 Å². The van der Waals surface area contributed by atoms with E-state index in [1.54, 1.807) is 0 Å². The van der Waals surface area contributed by atoms with E-state index in [1.165, 1.54) is 51.4 Å². The minimum absolute atomic E-state index is 0.249. The van der Waals surface area contributed by atoms with Crippen molar-refractivity contribution in [1.29, 1.82) is 0 Å². The highest BCUT2D eigenvalue weighted by atomic mass is 16.5. The van der Waals surface area contributed by atoms with Gasteiger partial charge in [-0.15, -0.1) is 0 Å². The van der Waals surface area contributed by atoms with E-state index in [0.29, 0.717) is 0 Å². The second-order valence-electron chi connectivity index (χ2n) is 6.26. The average Bonchev–Trinajstić information content (AvgIpc) is 2.29. The molecule has 0 fully saturated rings. The summed E-state index contributed by atoms with van der Waals surface area (Å²) in [7, 11) is 0. The van der Waals surface area contributed by atoms with Crippen LogP contribution in [0.2, 0.25) is 0 Å². The van der Waals surface area contributed by atoms with Crippen molar-refractivity contribution >= 4 is 0 Å². The fourth-order valence-electron chi connectivity index (χ4n) is 1.88. The van der Waals surface area contributed by atoms with E-state index in [4.69, 9.17) is 4.74 Å².